The fourth-order valence-corrected chi connectivity index (χ4v) is 5.13. The average molecular weight is 443 g/mol. The highest BCUT2D eigenvalue weighted by Crippen LogP contribution is 2.38. The summed E-state index contributed by atoms with van der Waals surface area (Å²) < 4.78 is 1.49. The van der Waals surface area contributed by atoms with Crippen LogP contribution >= 0.6 is 11.3 Å². The van der Waals surface area contributed by atoms with Crippen molar-refractivity contribution < 1.29 is 9.59 Å². The fourth-order valence-electron chi connectivity index (χ4n) is 4.34. The number of rotatable bonds is 7. The van der Waals surface area contributed by atoms with Gasteiger partial charge >= 0.3 is 0 Å². The molecule has 2 aromatic heterocycles. The molecule has 166 valence electrons. The molecule has 0 aliphatic heterocycles. The molecule has 0 bridgehead atoms. The fraction of sp³-hybridized carbons (Fsp3) is 0.565. The van der Waals surface area contributed by atoms with Gasteiger partial charge in [0.2, 0.25) is 5.91 Å². The highest BCUT2D eigenvalue weighted by Gasteiger charge is 2.36. The first-order valence-corrected chi connectivity index (χ1v) is 12.0. The van der Waals surface area contributed by atoms with E-state index in [2.05, 4.69) is 15.6 Å². The number of aromatic nitrogens is 2. The molecule has 31 heavy (non-hydrogen) atoms. The number of hydrogen-bond acceptors (Lipinski definition) is 5. The quantitative estimate of drug-likeness (QED) is 0.689. The molecule has 2 fully saturated rings. The third-order valence-electron chi connectivity index (χ3n) is 6.68. The average Bonchev–Trinajstić information content (AvgIpc) is 3.49. The van der Waals surface area contributed by atoms with E-state index in [-0.39, 0.29) is 34.9 Å². The third-order valence-corrected chi connectivity index (χ3v) is 7.54. The molecule has 2 aliphatic carbocycles. The van der Waals surface area contributed by atoms with E-state index in [0.717, 1.165) is 49.2 Å². The third kappa shape index (κ3) is 5.06. The van der Waals surface area contributed by atoms with Crippen LogP contribution in [-0.4, -0.2) is 27.9 Å². The smallest absolute Gasteiger partial charge is 0.263 e. The van der Waals surface area contributed by atoms with E-state index in [1.165, 1.54) is 4.57 Å². The molecule has 2 amide bonds. The standard InChI is InChI=1S/C23H30N4O3S/c1-14-3-10-18(23(30)27(14)2)21(29)25-13-15-4-6-16(7-5-15)19(22-24-11-12-31-22)26-20(28)17-8-9-17/h3,10-12,15-17,19H,4-9,13H2,1-2H3,(H,25,29)(H,26,28)/t15?,16?,19-/m0/s1. The highest BCUT2D eigenvalue weighted by molar-refractivity contribution is 7.09. The Morgan fingerprint density at radius 1 is 1.19 bits per heavy atom. The minimum atomic E-state index is -0.305. The molecule has 0 aromatic carbocycles. The van der Waals surface area contributed by atoms with Crippen molar-refractivity contribution in [2.24, 2.45) is 24.8 Å². The van der Waals surface area contributed by atoms with Crippen LogP contribution in [0.3, 0.4) is 0 Å². The molecule has 2 saturated carbocycles. The van der Waals surface area contributed by atoms with Gasteiger partial charge in [0, 0.05) is 36.8 Å². The largest absolute Gasteiger partial charge is 0.352 e. The van der Waals surface area contributed by atoms with Gasteiger partial charge in [-0.3, -0.25) is 14.4 Å². The van der Waals surface area contributed by atoms with Gasteiger partial charge in [-0.1, -0.05) is 0 Å². The van der Waals surface area contributed by atoms with E-state index in [0.29, 0.717) is 18.4 Å². The maximum atomic E-state index is 12.5. The molecular formula is C23H30N4O3S. The van der Waals surface area contributed by atoms with E-state index in [1.807, 2.05) is 12.3 Å². The molecule has 4 rings (SSSR count). The maximum absolute atomic E-state index is 12.5. The molecule has 0 saturated heterocycles. The summed E-state index contributed by atoms with van der Waals surface area (Å²) in [5, 5.41) is 9.15. The van der Waals surface area contributed by atoms with Gasteiger partial charge in [-0.25, -0.2) is 4.98 Å². The Labute approximate surface area is 186 Å². The first-order valence-electron chi connectivity index (χ1n) is 11.1. The van der Waals surface area contributed by atoms with Crippen molar-refractivity contribution in [1.29, 1.82) is 0 Å². The summed E-state index contributed by atoms with van der Waals surface area (Å²) in [5.74, 6) is 0.786. The lowest BCUT2D eigenvalue weighted by Gasteiger charge is -2.33. The second-order valence-electron chi connectivity index (χ2n) is 8.87. The molecule has 7 nitrogen and oxygen atoms in total. The molecule has 0 unspecified atom stereocenters. The molecular weight excluding hydrogens is 412 g/mol. The number of aryl methyl sites for hydroxylation is 1. The van der Waals surface area contributed by atoms with Crippen molar-refractivity contribution in [2.75, 3.05) is 6.54 Å². The number of carbonyl (C=O) groups is 2. The van der Waals surface area contributed by atoms with Crippen LogP contribution in [0, 0.1) is 24.7 Å². The summed E-state index contributed by atoms with van der Waals surface area (Å²) in [4.78, 5) is 41.7. The summed E-state index contributed by atoms with van der Waals surface area (Å²) in [7, 11) is 1.68. The zero-order chi connectivity index (χ0) is 22.0. The zero-order valence-electron chi connectivity index (χ0n) is 18.1. The van der Waals surface area contributed by atoms with E-state index in [4.69, 9.17) is 0 Å². The number of nitrogens with zero attached hydrogens (tertiary/aromatic N) is 2. The van der Waals surface area contributed by atoms with E-state index in [9.17, 15) is 14.4 Å². The Hall–Kier alpha value is -2.48. The van der Waals surface area contributed by atoms with Gasteiger partial charge in [0.1, 0.15) is 10.6 Å². The molecule has 0 spiro atoms. The van der Waals surface area contributed by atoms with Gasteiger partial charge < -0.3 is 15.2 Å². The van der Waals surface area contributed by atoms with Gasteiger partial charge in [-0.2, -0.15) is 0 Å². The summed E-state index contributed by atoms with van der Waals surface area (Å²) >= 11 is 1.60. The Balaban J connectivity index is 1.31. The van der Waals surface area contributed by atoms with Crippen LogP contribution in [0.4, 0.5) is 0 Å². The Kier molecular flexibility index (Phi) is 6.55. The van der Waals surface area contributed by atoms with Gasteiger partial charge in [-0.15, -0.1) is 11.3 Å². The number of pyridine rings is 1. The van der Waals surface area contributed by atoms with Gasteiger partial charge in [0.05, 0.1) is 6.04 Å². The predicted molar refractivity (Wildman–Crippen MR) is 120 cm³/mol. The molecule has 2 N–H and O–H groups in total. The van der Waals surface area contributed by atoms with Crippen molar-refractivity contribution >= 4 is 23.2 Å². The molecule has 2 heterocycles. The minimum absolute atomic E-state index is 0.0146. The monoisotopic (exact) mass is 442 g/mol. The first kappa shape index (κ1) is 21.7. The Bertz CT molecular complexity index is 989. The van der Waals surface area contributed by atoms with E-state index in [1.54, 1.807) is 36.7 Å². The van der Waals surface area contributed by atoms with Crippen LogP contribution in [0.1, 0.15) is 65.6 Å². The van der Waals surface area contributed by atoms with Crippen LogP contribution < -0.4 is 16.2 Å². The van der Waals surface area contributed by atoms with Crippen molar-refractivity contribution in [3.63, 3.8) is 0 Å². The lowest BCUT2D eigenvalue weighted by molar-refractivity contribution is -0.123. The summed E-state index contributed by atoms with van der Waals surface area (Å²) in [6.45, 7) is 2.41. The van der Waals surface area contributed by atoms with Crippen LogP contribution in [0.25, 0.3) is 0 Å². The molecule has 0 radical (unpaired) electrons. The van der Waals surface area contributed by atoms with Crippen molar-refractivity contribution in [1.82, 2.24) is 20.2 Å². The zero-order valence-corrected chi connectivity index (χ0v) is 18.9. The lowest BCUT2D eigenvalue weighted by atomic mass is 9.78. The molecule has 1 atom stereocenters. The lowest BCUT2D eigenvalue weighted by Crippen LogP contribution is -2.38. The second kappa shape index (κ2) is 9.34. The first-order chi connectivity index (χ1) is 14.9. The van der Waals surface area contributed by atoms with Crippen LogP contribution in [0.15, 0.2) is 28.5 Å². The predicted octanol–water partition coefficient (Wildman–Crippen LogP) is 2.95. The molecule has 2 aromatic rings. The van der Waals surface area contributed by atoms with Gasteiger partial charge in [-0.05, 0) is 69.4 Å². The van der Waals surface area contributed by atoms with E-state index >= 15 is 0 Å². The highest BCUT2D eigenvalue weighted by atomic mass is 32.1. The van der Waals surface area contributed by atoms with Gasteiger partial charge in [0.25, 0.3) is 11.5 Å². The van der Waals surface area contributed by atoms with Crippen molar-refractivity contribution in [3.8, 4) is 0 Å². The SMILES string of the molecule is Cc1ccc(C(=O)NCC2CCC([C@H](NC(=O)C3CC3)c3nccs3)CC2)c(=O)n1C. The number of carbonyl (C=O) groups excluding carboxylic acids is 2. The number of thiazole rings is 1. The maximum Gasteiger partial charge on any atom is 0.263 e. The van der Waals surface area contributed by atoms with Crippen LogP contribution in [0.2, 0.25) is 0 Å². The molecule has 8 heteroatoms. The second-order valence-corrected chi connectivity index (χ2v) is 9.80. The van der Waals surface area contributed by atoms with Crippen LogP contribution in [-0.2, 0) is 11.8 Å². The number of amides is 2. The molecule has 2 aliphatic rings. The summed E-state index contributed by atoms with van der Waals surface area (Å²) in [6.07, 6.45) is 7.73. The summed E-state index contributed by atoms with van der Waals surface area (Å²) in [6, 6.07) is 3.38. The minimum Gasteiger partial charge on any atom is -0.352 e. The van der Waals surface area contributed by atoms with Gasteiger partial charge in [0.15, 0.2) is 0 Å². The Morgan fingerprint density at radius 3 is 2.58 bits per heavy atom. The number of nitrogens with one attached hydrogen (secondary N) is 2. The van der Waals surface area contributed by atoms with Crippen molar-refractivity contribution in [2.45, 2.75) is 51.5 Å². The van der Waals surface area contributed by atoms with E-state index < -0.39 is 0 Å². The Morgan fingerprint density at radius 2 is 1.94 bits per heavy atom. The summed E-state index contributed by atoms with van der Waals surface area (Å²) in [5.41, 5.74) is 0.746. The normalized spacial score (nSPS) is 22.0. The van der Waals surface area contributed by atoms with Crippen LogP contribution in [0.5, 0.6) is 0 Å². The number of hydrogen-bond donors (Lipinski definition) is 2. The van der Waals surface area contributed by atoms with Crippen molar-refractivity contribution in [3.05, 3.63) is 50.3 Å². The topological polar surface area (TPSA) is 93.1 Å².